The molecule has 0 aliphatic carbocycles. The zero-order valence-electron chi connectivity index (χ0n) is 16.8. The maximum Gasteiger partial charge on any atom is 0.318 e. The lowest BCUT2D eigenvalue weighted by atomic mass is 10.1. The van der Waals surface area contributed by atoms with Gasteiger partial charge in [0.1, 0.15) is 17.7 Å². The van der Waals surface area contributed by atoms with Crippen LogP contribution < -0.4 is 10.2 Å². The molecule has 0 radical (unpaired) electrons. The number of hydrogen-bond acceptors (Lipinski definition) is 5. The van der Waals surface area contributed by atoms with Gasteiger partial charge in [0.2, 0.25) is 0 Å². The fraction of sp³-hybridized carbons (Fsp3) is 0.273. The minimum atomic E-state index is -0.328. The summed E-state index contributed by atoms with van der Waals surface area (Å²) in [6, 6.07) is 15.0. The highest BCUT2D eigenvalue weighted by molar-refractivity contribution is 5.75. The predicted octanol–water partition coefficient (Wildman–Crippen LogP) is 2.31. The summed E-state index contributed by atoms with van der Waals surface area (Å²) in [5.41, 5.74) is 1.57. The Morgan fingerprint density at radius 3 is 2.53 bits per heavy atom. The van der Waals surface area contributed by atoms with Gasteiger partial charge in [-0.15, -0.1) is 0 Å². The quantitative estimate of drug-likeness (QED) is 0.725. The molecule has 4 rings (SSSR count). The number of amides is 2. The Morgan fingerprint density at radius 2 is 1.87 bits per heavy atom. The Kier molecular flexibility index (Phi) is 5.61. The Hall–Kier alpha value is -3.86. The number of carbonyl (C=O) groups is 1. The normalized spacial score (nSPS) is 14.8. The molecule has 0 bridgehead atoms. The molecule has 3 heterocycles. The van der Waals surface area contributed by atoms with E-state index in [1.54, 1.807) is 24.5 Å². The van der Waals surface area contributed by atoms with Gasteiger partial charge in [-0.1, -0.05) is 30.3 Å². The first kappa shape index (κ1) is 19.5. The fourth-order valence-corrected chi connectivity index (χ4v) is 3.61. The smallest absolute Gasteiger partial charge is 0.318 e. The highest BCUT2D eigenvalue weighted by Gasteiger charge is 2.26. The van der Waals surface area contributed by atoms with Crippen molar-refractivity contribution >= 4 is 11.8 Å². The molecule has 1 aliphatic rings. The van der Waals surface area contributed by atoms with Crippen molar-refractivity contribution in [1.29, 1.82) is 5.26 Å². The summed E-state index contributed by atoms with van der Waals surface area (Å²) in [5, 5.41) is 12.2. The number of nitrogens with zero attached hydrogens (tertiary/aromatic N) is 6. The predicted molar refractivity (Wildman–Crippen MR) is 113 cm³/mol. The summed E-state index contributed by atoms with van der Waals surface area (Å²) in [6.45, 7) is 2.47. The first-order valence-electron chi connectivity index (χ1n) is 9.84. The molecule has 30 heavy (non-hydrogen) atoms. The summed E-state index contributed by atoms with van der Waals surface area (Å²) in [5.74, 6) is 1.55. The first-order chi connectivity index (χ1) is 14.7. The number of nitrogens with one attached hydrogen (secondary N) is 1. The standard InChI is InChI=1S/C22H23N7O/c1-27-10-9-25-21(27)20(18-5-3-2-4-6-18)26-22(30)29-13-11-28(12-14-29)19-15-17(16-23)7-8-24-19/h2-10,15,20H,11-14H2,1H3,(H,26,30). The van der Waals surface area contributed by atoms with Crippen LogP contribution in [0.2, 0.25) is 0 Å². The Balaban J connectivity index is 1.44. The van der Waals surface area contributed by atoms with Gasteiger partial charge in [-0.05, 0) is 17.7 Å². The number of rotatable bonds is 4. The fourth-order valence-electron chi connectivity index (χ4n) is 3.61. The van der Waals surface area contributed by atoms with Gasteiger partial charge in [-0.25, -0.2) is 14.8 Å². The van der Waals surface area contributed by atoms with Crippen LogP contribution in [0.1, 0.15) is 23.0 Å². The lowest BCUT2D eigenvalue weighted by molar-refractivity contribution is 0.191. The van der Waals surface area contributed by atoms with E-state index >= 15 is 0 Å². The van der Waals surface area contributed by atoms with Crippen LogP contribution in [0.5, 0.6) is 0 Å². The van der Waals surface area contributed by atoms with Crippen molar-refractivity contribution in [2.24, 2.45) is 7.05 Å². The van der Waals surface area contributed by atoms with Crippen LogP contribution in [0.25, 0.3) is 0 Å². The van der Waals surface area contributed by atoms with E-state index in [1.165, 1.54) is 0 Å². The van der Waals surface area contributed by atoms with E-state index in [-0.39, 0.29) is 12.1 Å². The molecule has 8 heteroatoms. The highest BCUT2D eigenvalue weighted by Crippen LogP contribution is 2.21. The molecule has 2 aromatic heterocycles. The minimum Gasteiger partial charge on any atom is -0.353 e. The van der Waals surface area contributed by atoms with Gasteiger partial charge in [0.15, 0.2) is 0 Å². The van der Waals surface area contributed by atoms with Gasteiger partial charge in [-0.2, -0.15) is 5.26 Å². The summed E-state index contributed by atoms with van der Waals surface area (Å²) in [4.78, 5) is 25.7. The van der Waals surface area contributed by atoms with E-state index < -0.39 is 0 Å². The molecule has 1 atom stereocenters. The molecule has 1 N–H and O–H groups in total. The SMILES string of the molecule is Cn1ccnc1C(NC(=O)N1CCN(c2cc(C#N)ccn2)CC1)c1ccccc1. The number of aromatic nitrogens is 3. The molecule has 1 saturated heterocycles. The number of anilines is 1. The third-order valence-electron chi connectivity index (χ3n) is 5.28. The maximum atomic E-state index is 13.0. The molecule has 1 fully saturated rings. The van der Waals surface area contributed by atoms with Crippen molar-refractivity contribution in [3.8, 4) is 6.07 Å². The molecule has 1 aliphatic heterocycles. The number of benzene rings is 1. The van der Waals surface area contributed by atoms with Crippen molar-refractivity contribution in [3.63, 3.8) is 0 Å². The third-order valence-corrected chi connectivity index (χ3v) is 5.28. The van der Waals surface area contributed by atoms with Crippen LogP contribution in [0.3, 0.4) is 0 Å². The van der Waals surface area contributed by atoms with E-state index in [0.29, 0.717) is 31.7 Å². The van der Waals surface area contributed by atoms with Gasteiger partial charge in [0, 0.05) is 51.8 Å². The van der Waals surface area contributed by atoms with Gasteiger partial charge in [-0.3, -0.25) is 0 Å². The zero-order chi connectivity index (χ0) is 20.9. The second-order valence-corrected chi connectivity index (χ2v) is 7.18. The van der Waals surface area contributed by atoms with Crippen molar-refractivity contribution in [2.75, 3.05) is 31.1 Å². The Labute approximate surface area is 175 Å². The van der Waals surface area contributed by atoms with Gasteiger partial charge in [0.25, 0.3) is 0 Å². The topological polar surface area (TPSA) is 90.1 Å². The van der Waals surface area contributed by atoms with Crippen molar-refractivity contribution in [1.82, 2.24) is 24.8 Å². The lowest BCUT2D eigenvalue weighted by Crippen LogP contribution is -2.52. The molecule has 0 spiro atoms. The van der Waals surface area contributed by atoms with Crippen molar-refractivity contribution in [3.05, 3.63) is 78.0 Å². The Bertz CT molecular complexity index is 1050. The number of pyridine rings is 1. The molecular formula is C22H23N7O. The average molecular weight is 401 g/mol. The van der Waals surface area contributed by atoms with Crippen LogP contribution in [-0.4, -0.2) is 51.6 Å². The van der Waals surface area contributed by atoms with E-state index in [4.69, 9.17) is 5.26 Å². The molecular weight excluding hydrogens is 378 g/mol. The zero-order valence-corrected chi connectivity index (χ0v) is 16.8. The van der Waals surface area contributed by atoms with Crippen molar-refractivity contribution < 1.29 is 4.79 Å². The second-order valence-electron chi connectivity index (χ2n) is 7.18. The van der Waals surface area contributed by atoms with E-state index in [9.17, 15) is 4.79 Å². The van der Waals surface area contributed by atoms with E-state index in [2.05, 4.69) is 26.3 Å². The number of carbonyl (C=O) groups excluding carboxylic acids is 1. The van der Waals surface area contributed by atoms with Crippen LogP contribution in [0.4, 0.5) is 10.6 Å². The third kappa shape index (κ3) is 4.10. The van der Waals surface area contributed by atoms with Gasteiger partial charge >= 0.3 is 6.03 Å². The lowest BCUT2D eigenvalue weighted by Gasteiger charge is -2.36. The minimum absolute atomic E-state index is 0.120. The molecule has 8 nitrogen and oxygen atoms in total. The van der Waals surface area contributed by atoms with Crippen LogP contribution in [0.15, 0.2) is 61.1 Å². The summed E-state index contributed by atoms with van der Waals surface area (Å²) in [6.07, 6.45) is 5.25. The number of aryl methyl sites for hydroxylation is 1. The highest BCUT2D eigenvalue weighted by atomic mass is 16.2. The monoisotopic (exact) mass is 401 g/mol. The van der Waals surface area contributed by atoms with Crippen LogP contribution >= 0.6 is 0 Å². The molecule has 0 saturated carbocycles. The average Bonchev–Trinajstić information content (AvgIpc) is 3.23. The molecule has 2 amide bonds. The second kappa shape index (κ2) is 8.66. The van der Waals surface area contributed by atoms with Gasteiger partial charge in [0.05, 0.1) is 11.6 Å². The number of hydrogen-bond donors (Lipinski definition) is 1. The summed E-state index contributed by atoms with van der Waals surface area (Å²) < 4.78 is 1.92. The van der Waals surface area contributed by atoms with E-state index in [0.717, 1.165) is 17.2 Å². The summed E-state index contributed by atoms with van der Waals surface area (Å²) >= 11 is 0. The van der Waals surface area contributed by atoms with Crippen LogP contribution in [0, 0.1) is 11.3 Å². The van der Waals surface area contributed by atoms with Gasteiger partial charge < -0.3 is 19.7 Å². The molecule has 152 valence electrons. The number of nitriles is 1. The molecule has 1 aromatic carbocycles. The van der Waals surface area contributed by atoms with E-state index in [1.807, 2.05) is 53.0 Å². The largest absolute Gasteiger partial charge is 0.353 e. The van der Waals surface area contributed by atoms with Crippen molar-refractivity contribution in [2.45, 2.75) is 6.04 Å². The number of urea groups is 1. The Morgan fingerprint density at radius 1 is 1.10 bits per heavy atom. The van der Waals surface area contributed by atoms with Crippen LogP contribution in [-0.2, 0) is 7.05 Å². The molecule has 1 unspecified atom stereocenters. The first-order valence-corrected chi connectivity index (χ1v) is 9.84. The number of imidazole rings is 1. The summed E-state index contributed by atoms with van der Waals surface area (Å²) in [7, 11) is 1.92. The molecule has 3 aromatic rings. The number of piperazine rings is 1. The maximum absolute atomic E-state index is 13.0.